The fourth-order valence-electron chi connectivity index (χ4n) is 1.19. The molecule has 16 heavy (non-hydrogen) atoms. The van der Waals surface area contributed by atoms with Gasteiger partial charge in [-0.3, -0.25) is 4.79 Å². The van der Waals surface area contributed by atoms with Crippen LogP contribution < -0.4 is 11.1 Å². The maximum atomic E-state index is 11.8. The van der Waals surface area contributed by atoms with E-state index in [0.717, 1.165) is 0 Å². The van der Waals surface area contributed by atoms with Gasteiger partial charge in [0.05, 0.1) is 16.7 Å². The Morgan fingerprint density at radius 1 is 1.62 bits per heavy atom. The molecule has 0 heterocycles. The molecular weight excluding hydrogens is 228 g/mol. The summed E-state index contributed by atoms with van der Waals surface area (Å²) in [6.07, 6.45) is -0.0485. The lowest BCUT2D eigenvalue weighted by molar-refractivity contribution is 0.0871. The van der Waals surface area contributed by atoms with Crippen molar-refractivity contribution in [3.8, 4) is 0 Å². The summed E-state index contributed by atoms with van der Waals surface area (Å²) in [7, 11) is 1.58. The molecule has 1 amide bonds. The van der Waals surface area contributed by atoms with E-state index in [9.17, 15) is 4.79 Å². The topological polar surface area (TPSA) is 64.3 Å². The Kier molecular flexibility index (Phi) is 4.58. The molecule has 0 aliphatic rings. The number of carbonyl (C=O) groups excluding carboxylic acids is 1. The largest absolute Gasteiger partial charge is 0.398 e. The minimum absolute atomic E-state index is 0.0485. The van der Waals surface area contributed by atoms with E-state index >= 15 is 0 Å². The molecule has 0 radical (unpaired) electrons. The van der Waals surface area contributed by atoms with Gasteiger partial charge in [-0.25, -0.2) is 0 Å². The third-order valence-corrected chi connectivity index (χ3v) is 2.54. The molecule has 3 N–H and O–H groups in total. The highest BCUT2D eigenvalue weighted by Crippen LogP contribution is 2.21. The molecule has 5 heteroatoms. The van der Waals surface area contributed by atoms with Gasteiger partial charge < -0.3 is 15.8 Å². The quantitative estimate of drug-likeness (QED) is 0.790. The van der Waals surface area contributed by atoms with Gasteiger partial charge in [0.25, 0.3) is 5.91 Å². The van der Waals surface area contributed by atoms with Crippen molar-refractivity contribution in [3.05, 3.63) is 28.8 Å². The SMILES string of the molecule is COC(C)CNC(=O)c1c(N)cccc1Cl. The standard InChI is InChI=1S/C11H15ClN2O2/c1-7(16-2)6-14-11(15)10-8(12)4-3-5-9(10)13/h3-5,7H,6,13H2,1-2H3,(H,14,15). The van der Waals surface area contributed by atoms with Crippen molar-refractivity contribution in [2.24, 2.45) is 0 Å². The van der Waals surface area contributed by atoms with Crippen LogP contribution in [0.4, 0.5) is 5.69 Å². The normalized spacial score (nSPS) is 12.2. The lowest BCUT2D eigenvalue weighted by atomic mass is 10.1. The number of anilines is 1. The lowest BCUT2D eigenvalue weighted by Gasteiger charge is -2.12. The van der Waals surface area contributed by atoms with Gasteiger partial charge in [-0.05, 0) is 19.1 Å². The molecule has 0 saturated carbocycles. The highest BCUT2D eigenvalue weighted by atomic mass is 35.5. The molecular formula is C11H15ClN2O2. The van der Waals surface area contributed by atoms with E-state index in [4.69, 9.17) is 22.1 Å². The Morgan fingerprint density at radius 2 is 2.31 bits per heavy atom. The van der Waals surface area contributed by atoms with Gasteiger partial charge in [-0.1, -0.05) is 17.7 Å². The lowest BCUT2D eigenvalue weighted by Crippen LogP contribution is -2.32. The number of halogens is 1. The number of ether oxygens (including phenoxy) is 1. The number of rotatable bonds is 4. The first-order valence-electron chi connectivity index (χ1n) is 4.91. The van der Waals surface area contributed by atoms with Crippen molar-refractivity contribution >= 4 is 23.2 Å². The summed E-state index contributed by atoms with van der Waals surface area (Å²) < 4.78 is 5.02. The average molecular weight is 243 g/mol. The molecule has 1 atom stereocenters. The van der Waals surface area contributed by atoms with Crippen LogP contribution in [0.5, 0.6) is 0 Å². The predicted octanol–water partition coefficient (Wildman–Crippen LogP) is 1.69. The Morgan fingerprint density at radius 3 is 2.88 bits per heavy atom. The van der Waals surface area contributed by atoms with E-state index in [1.165, 1.54) is 0 Å². The van der Waals surface area contributed by atoms with Crippen molar-refractivity contribution in [1.82, 2.24) is 5.32 Å². The van der Waals surface area contributed by atoms with Gasteiger partial charge in [0.2, 0.25) is 0 Å². The van der Waals surface area contributed by atoms with Crippen LogP contribution in [-0.2, 0) is 4.74 Å². The number of amides is 1. The molecule has 1 unspecified atom stereocenters. The van der Waals surface area contributed by atoms with Crippen LogP contribution in [0.25, 0.3) is 0 Å². The highest BCUT2D eigenvalue weighted by Gasteiger charge is 2.14. The maximum absolute atomic E-state index is 11.8. The van der Waals surface area contributed by atoms with Crippen molar-refractivity contribution in [2.75, 3.05) is 19.4 Å². The van der Waals surface area contributed by atoms with Gasteiger partial charge in [0.1, 0.15) is 0 Å². The summed E-state index contributed by atoms with van der Waals surface area (Å²) in [6.45, 7) is 2.27. The molecule has 0 spiro atoms. The van der Waals surface area contributed by atoms with E-state index in [-0.39, 0.29) is 12.0 Å². The fraction of sp³-hybridized carbons (Fsp3) is 0.364. The van der Waals surface area contributed by atoms with Crippen molar-refractivity contribution in [1.29, 1.82) is 0 Å². The van der Waals surface area contributed by atoms with Crippen LogP contribution in [0.1, 0.15) is 17.3 Å². The maximum Gasteiger partial charge on any atom is 0.254 e. The second-order valence-corrected chi connectivity index (χ2v) is 3.87. The Hall–Kier alpha value is -1.26. The number of benzene rings is 1. The van der Waals surface area contributed by atoms with Crippen LogP contribution in [-0.4, -0.2) is 25.7 Å². The fourth-order valence-corrected chi connectivity index (χ4v) is 1.46. The zero-order chi connectivity index (χ0) is 12.1. The molecule has 0 aromatic heterocycles. The molecule has 0 fully saturated rings. The van der Waals surface area contributed by atoms with Crippen LogP contribution in [0.3, 0.4) is 0 Å². The molecule has 0 bridgehead atoms. The van der Waals surface area contributed by atoms with Gasteiger partial charge in [0, 0.05) is 19.3 Å². The van der Waals surface area contributed by atoms with Crippen molar-refractivity contribution in [2.45, 2.75) is 13.0 Å². The van der Waals surface area contributed by atoms with Crippen LogP contribution >= 0.6 is 11.6 Å². The summed E-state index contributed by atoms with van der Waals surface area (Å²) in [4.78, 5) is 11.8. The first-order chi connectivity index (χ1) is 7.56. The van der Waals surface area contributed by atoms with E-state index in [1.807, 2.05) is 6.92 Å². The second kappa shape index (κ2) is 5.72. The third-order valence-electron chi connectivity index (χ3n) is 2.23. The number of methoxy groups -OCH3 is 1. The molecule has 0 aliphatic heterocycles. The van der Waals surface area contributed by atoms with E-state index < -0.39 is 0 Å². The van der Waals surface area contributed by atoms with Crippen LogP contribution in [0.2, 0.25) is 5.02 Å². The molecule has 1 aromatic rings. The molecule has 4 nitrogen and oxygen atoms in total. The number of nitrogens with two attached hydrogens (primary N) is 1. The monoisotopic (exact) mass is 242 g/mol. The Bertz CT molecular complexity index is 362. The summed E-state index contributed by atoms with van der Waals surface area (Å²) in [5.41, 5.74) is 6.37. The van der Waals surface area contributed by atoms with Crippen LogP contribution in [0, 0.1) is 0 Å². The number of hydrogen-bond donors (Lipinski definition) is 2. The number of nitrogens with one attached hydrogen (secondary N) is 1. The van der Waals surface area contributed by atoms with Gasteiger partial charge >= 0.3 is 0 Å². The molecule has 0 aliphatic carbocycles. The highest BCUT2D eigenvalue weighted by molar-refractivity contribution is 6.34. The number of nitrogen functional groups attached to an aromatic ring is 1. The predicted molar refractivity (Wildman–Crippen MR) is 64.7 cm³/mol. The van der Waals surface area contributed by atoms with Crippen molar-refractivity contribution < 1.29 is 9.53 Å². The van der Waals surface area contributed by atoms with E-state index in [1.54, 1.807) is 25.3 Å². The molecule has 88 valence electrons. The number of carbonyl (C=O) groups is 1. The molecule has 0 saturated heterocycles. The van der Waals surface area contributed by atoms with Crippen LogP contribution in [0.15, 0.2) is 18.2 Å². The average Bonchev–Trinajstić information content (AvgIpc) is 2.25. The molecule has 1 aromatic carbocycles. The molecule has 1 rings (SSSR count). The van der Waals surface area contributed by atoms with E-state index in [2.05, 4.69) is 5.32 Å². The summed E-state index contributed by atoms with van der Waals surface area (Å²) in [5, 5.41) is 3.05. The second-order valence-electron chi connectivity index (χ2n) is 3.46. The van der Waals surface area contributed by atoms with Gasteiger partial charge in [-0.2, -0.15) is 0 Å². The number of hydrogen-bond acceptors (Lipinski definition) is 3. The minimum Gasteiger partial charge on any atom is -0.398 e. The van der Waals surface area contributed by atoms with Gasteiger partial charge in [-0.15, -0.1) is 0 Å². The Balaban J connectivity index is 2.73. The summed E-state index contributed by atoms with van der Waals surface area (Å²) >= 11 is 5.90. The van der Waals surface area contributed by atoms with Crippen molar-refractivity contribution in [3.63, 3.8) is 0 Å². The smallest absolute Gasteiger partial charge is 0.254 e. The zero-order valence-electron chi connectivity index (χ0n) is 9.29. The first kappa shape index (κ1) is 12.8. The van der Waals surface area contributed by atoms with Gasteiger partial charge in [0.15, 0.2) is 0 Å². The summed E-state index contributed by atoms with van der Waals surface area (Å²) in [5.74, 6) is -0.285. The Labute approximate surface area is 99.7 Å². The first-order valence-corrected chi connectivity index (χ1v) is 5.29. The minimum atomic E-state index is -0.285. The zero-order valence-corrected chi connectivity index (χ0v) is 10.0. The third kappa shape index (κ3) is 3.12. The summed E-state index contributed by atoms with van der Waals surface area (Å²) in [6, 6.07) is 4.97. The van der Waals surface area contributed by atoms with E-state index in [0.29, 0.717) is 22.8 Å².